The first-order valence-corrected chi connectivity index (χ1v) is 5.76. The van der Waals surface area contributed by atoms with Crippen molar-refractivity contribution in [2.75, 3.05) is 13.1 Å². The van der Waals surface area contributed by atoms with Crippen LogP contribution in [0.5, 0.6) is 0 Å². The predicted molar refractivity (Wildman–Crippen MR) is 62.4 cm³/mol. The highest BCUT2D eigenvalue weighted by Gasteiger charge is 2.36. The van der Waals surface area contributed by atoms with Gasteiger partial charge in [-0.2, -0.15) is 0 Å². The monoisotopic (exact) mass is 207 g/mol. The Labute approximate surface area is 92.8 Å². The molecule has 0 radical (unpaired) electrons. The molecule has 1 fully saturated rings. The Balaban J connectivity index is 2.55. The van der Waals surface area contributed by atoms with Gasteiger partial charge >= 0.3 is 0 Å². The Morgan fingerprint density at radius 1 is 1.60 bits per heavy atom. The molecular formula is C13H21NO. The molecule has 0 amide bonds. The van der Waals surface area contributed by atoms with E-state index in [1.807, 2.05) is 0 Å². The Hall–Kier alpha value is -0.810. The first kappa shape index (κ1) is 12.3. The third-order valence-electron chi connectivity index (χ3n) is 3.53. The number of rotatable bonds is 4. The van der Waals surface area contributed by atoms with Crippen molar-refractivity contribution in [2.24, 2.45) is 11.3 Å². The van der Waals surface area contributed by atoms with Crippen LogP contribution >= 0.6 is 0 Å². The summed E-state index contributed by atoms with van der Waals surface area (Å²) in [4.78, 5) is 12.0. The molecule has 0 aromatic carbocycles. The van der Waals surface area contributed by atoms with Crippen LogP contribution < -0.4 is 5.32 Å². The number of carbonyl (C=O) groups is 1. The fourth-order valence-corrected chi connectivity index (χ4v) is 2.20. The van der Waals surface area contributed by atoms with Gasteiger partial charge in [-0.05, 0) is 31.8 Å². The van der Waals surface area contributed by atoms with Gasteiger partial charge in [0, 0.05) is 18.3 Å². The number of piperidine rings is 1. The van der Waals surface area contributed by atoms with Gasteiger partial charge in [-0.1, -0.05) is 13.8 Å². The lowest BCUT2D eigenvalue weighted by Gasteiger charge is -2.36. The first-order chi connectivity index (χ1) is 7.09. The third-order valence-corrected chi connectivity index (χ3v) is 3.53. The number of ketones is 1. The molecule has 0 aromatic heterocycles. The minimum atomic E-state index is -0.218. The second-order valence-corrected chi connectivity index (χ2v) is 4.89. The number of carbonyl (C=O) groups excluding carboxylic acids is 1. The molecule has 1 unspecified atom stereocenters. The molecule has 1 aliphatic rings. The normalized spacial score (nSPS) is 22.1. The fourth-order valence-electron chi connectivity index (χ4n) is 2.20. The summed E-state index contributed by atoms with van der Waals surface area (Å²) in [6.45, 7) is 6.17. The molecule has 2 nitrogen and oxygen atoms in total. The van der Waals surface area contributed by atoms with E-state index in [4.69, 9.17) is 6.42 Å². The van der Waals surface area contributed by atoms with Gasteiger partial charge in [0.05, 0.1) is 0 Å². The maximum Gasteiger partial charge on any atom is 0.139 e. The van der Waals surface area contributed by atoms with Gasteiger partial charge in [0.25, 0.3) is 0 Å². The van der Waals surface area contributed by atoms with E-state index in [9.17, 15) is 4.79 Å². The highest BCUT2D eigenvalue weighted by atomic mass is 16.1. The molecule has 1 aliphatic heterocycles. The van der Waals surface area contributed by atoms with E-state index >= 15 is 0 Å². The fraction of sp³-hybridized carbons (Fsp3) is 0.769. The number of hydrogen-bond acceptors (Lipinski definition) is 2. The van der Waals surface area contributed by atoms with Gasteiger partial charge in [0.15, 0.2) is 0 Å². The van der Waals surface area contributed by atoms with Gasteiger partial charge in [-0.25, -0.2) is 0 Å². The second-order valence-electron chi connectivity index (χ2n) is 4.89. The average molecular weight is 207 g/mol. The van der Waals surface area contributed by atoms with Crippen LogP contribution in [0, 0.1) is 23.7 Å². The van der Waals surface area contributed by atoms with E-state index < -0.39 is 0 Å². The molecule has 15 heavy (non-hydrogen) atoms. The van der Waals surface area contributed by atoms with Crippen molar-refractivity contribution in [3.8, 4) is 12.3 Å². The summed E-state index contributed by atoms with van der Waals surface area (Å²) >= 11 is 0. The van der Waals surface area contributed by atoms with Crippen LogP contribution in [-0.2, 0) is 4.79 Å². The van der Waals surface area contributed by atoms with Crippen LogP contribution in [0.4, 0.5) is 0 Å². The molecule has 0 aliphatic carbocycles. The van der Waals surface area contributed by atoms with Crippen molar-refractivity contribution in [3.63, 3.8) is 0 Å². The molecule has 0 spiro atoms. The largest absolute Gasteiger partial charge is 0.316 e. The maximum atomic E-state index is 12.0. The van der Waals surface area contributed by atoms with Crippen LogP contribution in [0.25, 0.3) is 0 Å². The minimum Gasteiger partial charge on any atom is -0.316 e. The molecule has 2 heteroatoms. The van der Waals surface area contributed by atoms with E-state index in [0.29, 0.717) is 24.5 Å². The summed E-state index contributed by atoms with van der Waals surface area (Å²) < 4.78 is 0. The molecule has 0 bridgehead atoms. The highest BCUT2D eigenvalue weighted by molar-refractivity contribution is 5.84. The Kier molecular flexibility index (Phi) is 4.35. The zero-order valence-electron chi connectivity index (χ0n) is 9.81. The van der Waals surface area contributed by atoms with Gasteiger partial charge < -0.3 is 5.32 Å². The molecule has 0 aromatic rings. The lowest BCUT2D eigenvalue weighted by molar-refractivity contribution is -0.130. The van der Waals surface area contributed by atoms with Crippen LogP contribution in [0.15, 0.2) is 0 Å². The SMILES string of the molecule is C#CCCC(=O)C(C)(C)C1CCCNC1. The quantitative estimate of drug-likeness (QED) is 0.714. The average Bonchev–Trinajstić information content (AvgIpc) is 2.27. The molecule has 1 N–H and O–H groups in total. The van der Waals surface area contributed by atoms with E-state index in [0.717, 1.165) is 19.5 Å². The van der Waals surface area contributed by atoms with Crippen LogP contribution in [-0.4, -0.2) is 18.9 Å². The zero-order valence-corrected chi connectivity index (χ0v) is 9.81. The number of hydrogen-bond donors (Lipinski definition) is 1. The van der Waals surface area contributed by atoms with E-state index in [-0.39, 0.29) is 5.41 Å². The number of terminal acetylenes is 1. The van der Waals surface area contributed by atoms with Crippen molar-refractivity contribution in [1.29, 1.82) is 0 Å². The van der Waals surface area contributed by atoms with Crippen molar-refractivity contribution < 1.29 is 4.79 Å². The van der Waals surface area contributed by atoms with Crippen LogP contribution in [0.3, 0.4) is 0 Å². The number of nitrogens with one attached hydrogen (secondary N) is 1. The van der Waals surface area contributed by atoms with Crippen LogP contribution in [0.1, 0.15) is 39.5 Å². The topological polar surface area (TPSA) is 29.1 Å². The summed E-state index contributed by atoms with van der Waals surface area (Å²) in [5, 5.41) is 3.36. The maximum absolute atomic E-state index is 12.0. The Bertz CT molecular complexity index is 256. The summed E-state index contributed by atoms with van der Waals surface area (Å²) in [5.41, 5.74) is -0.218. The standard InChI is InChI=1S/C13H21NO/c1-4-5-8-12(15)13(2,3)11-7-6-9-14-10-11/h1,11,14H,5-10H2,2-3H3. The Morgan fingerprint density at radius 3 is 2.87 bits per heavy atom. The zero-order chi connectivity index (χ0) is 11.3. The predicted octanol–water partition coefficient (Wildman–Crippen LogP) is 1.99. The van der Waals surface area contributed by atoms with Crippen molar-refractivity contribution in [1.82, 2.24) is 5.32 Å². The lowest BCUT2D eigenvalue weighted by Crippen LogP contribution is -2.42. The van der Waals surface area contributed by atoms with Crippen LogP contribution in [0.2, 0.25) is 0 Å². The Morgan fingerprint density at radius 2 is 2.33 bits per heavy atom. The van der Waals surface area contributed by atoms with Gasteiger partial charge in [-0.3, -0.25) is 4.79 Å². The van der Waals surface area contributed by atoms with Gasteiger partial charge in [0.2, 0.25) is 0 Å². The third kappa shape index (κ3) is 3.07. The molecule has 84 valence electrons. The molecular weight excluding hydrogens is 186 g/mol. The first-order valence-electron chi connectivity index (χ1n) is 5.76. The van der Waals surface area contributed by atoms with Crippen molar-refractivity contribution >= 4 is 5.78 Å². The van der Waals surface area contributed by atoms with Crippen molar-refractivity contribution in [2.45, 2.75) is 39.5 Å². The summed E-state index contributed by atoms with van der Waals surface area (Å²) in [5.74, 6) is 3.32. The molecule has 1 atom stereocenters. The molecule has 0 saturated carbocycles. The summed E-state index contributed by atoms with van der Waals surface area (Å²) in [6, 6.07) is 0. The second kappa shape index (κ2) is 5.32. The van der Waals surface area contributed by atoms with Gasteiger partial charge in [0.1, 0.15) is 5.78 Å². The highest BCUT2D eigenvalue weighted by Crippen LogP contribution is 2.33. The molecule has 1 heterocycles. The number of Topliss-reactive ketones (excluding diaryl/α,β-unsaturated/α-hetero) is 1. The van der Waals surface area contributed by atoms with E-state index in [2.05, 4.69) is 25.1 Å². The van der Waals surface area contributed by atoms with Crippen molar-refractivity contribution in [3.05, 3.63) is 0 Å². The smallest absolute Gasteiger partial charge is 0.139 e. The summed E-state index contributed by atoms with van der Waals surface area (Å²) in [7, 11) is 0. The van der Waals surface area contributed by atoms with Gasteiger partial charge in [-0.15, -0.1) is 12.3 Å². The summed E-state index contributed by atoms with van der Waals surface area (Å²) in [6.07, 6.45) is 8.62. The molecule has 1 saturated heterocycles. The minimum absolute atomic E-state index is 0.218. The molecule has 1 rings (SSSR count). The lowest BCUT2D eigenvalue weighted by atomic mass is 9.71. The van der Waals surface area contributed by atoms with E-state index in [1.165, 1.54) is 6.42 Å². The van der Waals surface area contributed by atoms with E-state index in [1.54, 1.807) is 0 Å².